The predicted octanol–water partition coefficient (Wildman–Crippen LogP) is 1.89. The minimum atomic E-state index is -0.00484. The van der Waals surface area contributed by atoms with Gasteiger partial charge in [0.05, 0.1) is 12.2 Å². The van der Waals surface area contributed by atoms with Crippen molar-refractivity contribution in [3.05, 3.63) is 41.1 Å². The largest absolute Gasteiger partial charge is 0.368 e. The zero-order valence-corrected chi connectivity index (χ0v) is 16.8. The lowest BCUT2D eigenvalue weighted by molar-refractivity contribution is -0.132. The molecule has 0 atom stereocenters. The number of nitrogens with zero attached hydrogens (tertiary/aromatic N) is 5. The third kappa shape index (κ3) is 3.48. The number of rotatable bonds is 3. The number of fused-ring (bicyclic) bond motifs is 1. The van der Waals surface area contributed by atoms with Crippen molar-refractivity contribution < 1.29 is 9.59 Å². The summed E-state index contributed by atoms with van der Waals surface area (Å²) >= 11 is 0. The minimum Gasteiger partial charge on any atom is -0.368 e. The molecule has 1 fully saturated rings. The summed E-state index contributed by atoms with van der Waals surface area (Å²) in [6, 6.07) is 8.36. The van der Waals surface area contributed by atoms with Crippen LogP contribution in [0.1, 0.15) is 23.2 Å². The van der Waals surface area contributed by atoms with Gasteiger partial charge in [-0.15, -0.1) is 0 Å². The molecule has 0 aliphatic carbocycles. The summed E-state index contributed by atoms with van der Waals surface area (Å²) in [6.07, 6.45) is 0.391. The van der Waals surface area contributed by atoms with E-state index in [0.717, 1.165) is 24.6 Å². The molecule has 1 aromatic heterocycles. The molecule has 4 rings (SSSR count). The van der Waals surface area contributed by atoms with Gasteiger partial charge in [0, 0.05) is 44.4 Å². The van der Waals surface area contributed by atoms with Crippen molar-refractivity contribution in [1.82, 2.24) is 14.7 Å². The third-order valence-electron chi connectivity index (χ3n) is 5.63. The maximum Gasteiger partial charge on any atom is 0.242 e. The maximum atomic E-state index is 12.9. The van der Waals surface area contributed by atoms with Gasteiger partial charge in [-0.05, 0) is 38.0 Å². The van der Waals surface area contributed by atoms with Crippen LogP contribution in [0.15, 0.2) is 24.3 Å². The average Bonchev–Trinajstić information content (AvgIpc) is 3.07. The van der Waals surface area contributed by atoms with Crippen molar-refractivity contribution in [2.45, 2.75) is 33.7 Å². The average molecular weight is 381 g/mol. The van der Waals surface area contributed by atoms with Crippen molar-refractivity contribution in [3.63, 3.8) is 0 Å². The second-order valence-electron chi connectivity index (χ2n) is 7.75. The number of anilines is 2. The lowest BCUT2D eigenvalue weighted by atomic mass is 10.1. The molecule has 28 heavy (non-hydrogen) atoms. The highest BCUT2D eigenvalue weighted by molar-refractivity contribution is 5.99. The molecule has 2 aliphatic rings. The number of amides is 2. The summed E-state index contributed by atoms with van der Waals surface area (Å²) in [6.45, 7) is 9.77. The Morgan fingerprint density at radius 1 is 1.04 bits per heavy atom. The smallest absolute Gasteiger partial charge is 0.242 e. The van der Waals surface area contributed by atoms with Crippen LogP contribution in [0.25, 0.3) is 0 Å². The zero-order valence-electron chi connectivity index (χ0n) is 16.8. The molecule has 2 amide bonds. The molecule has 2 aliphatic heterocycles. The van der Waals surface area contributed by atoms with Crippen LogP contribution >= 0.6 is 0 Å². The van der Waals surface area contributed by atoms with Crippen LogP contribution in [0.2, 0.25) is 0 Å². The number of hydrogen-bond acceptors (Lipinski definition) is 4. The van der Waals surface area contributed by atoms with Crippen LogP contribution in [0, 0.1) is 20.8 Å². The Bertz CT molecular complexity index is 912. The first-order chi connectivity index (χ1) is 13.4. The highest BCUT2D eigenvalue weighted by Gasteiger charge is 2.30. The van der Waals surface area contributed by atoms with Crippen LogP contribution in [-0.2, 0) is 16.1 Å². The van der Waals surface area contributed by atoms with Gasteiger partial charge >= 0.3 is 0 Å². The van der Waals surface area contributed by atoms with Gasteiger partial charge in [-0.3, -0.25) is 14.5 Å². The van der Waals surface area contributed by atoms with E-state index in [2.05, 4.69) is 42.0 Å². The lowest BCUT2D eigenvalue weighted by Gasteiger charge is -2.38. The first kappa shape index (κ1) is 18.5. The van der Waals surface area contributed by atoms with Crippen LogP contribution in [0.3, 0.4) is 0 Å². The summed E-state index contributed by atoms with van der Waals surface area (Å²) in [5.41, 5.74) is 4.62. The van der Waals surface area contributed by atoms with Gasteiger partial charge in [-0.1, -0.05) is 12.1 Å². The summed E-state index contributed by atoms with van der Waals surface area (Å²) < 4.78 is 1.82. The molecular formula is C21H27N5O2. The van der Waals surface area contributed by atoms with Crippen molar-refractivity contribution in [2.24, 2.45) is 0 Å². The van der Waals surface area contributed by atoms with E-state index in [9.17, 15) is 9.59 Å². The molecule has 0 unspecified atom stereocenters. The van der Waals surface area contributed by atoms with E-state index >= 15 is 0 Å². The molecule has 148 valence electrons. The number of carbonyl (C=O) groups is 2. The number of aromatic nitrogens is 2. The number of carbonyl (C=O) groups excluding carboxylic acids is 2. The third-order valence-corrected chi connectivity index (χ3v) is 5.63. The van der Waals surface area contributed by atoms with Crippen LogP contribution in [0.5, 0.6) is 0 Å². The van der Waals surface area contributed by atoms with Gasteiger partial charge in [-0.25, -0.2) is 4.68 Å². The second kappa shape index (κ2) is 7.30. The van der Waals surface area contributed by atoms with Gasteiger partial charge in [0.25, 0.3) is 0 Å². The molecule has 0 radical (unpaired) electrons. The van der Waals surface area contributed by atoms with Crippen molar-refractivity contribution in [2.75, 3.05) is 42.5 Å². The van der Waals surface area contributed by atoms with Gasteiger partial charge in [0.2, 0.25) is 11.8 Å². The molecule has 0 bridgehead atoms. The van der Waals surface area contributed by atoms with E-state index in [1.54, 1.807) is 4.90 Å². The van der Waals surface area contributed by atoms with Gasteiger partial charge < -0.3 is 9.80 Å². The van der Waals surface area contributed by atoms with Gasteiger partial charge in [0.1, 0.15) is 12.4 Å². The van der Waals surface area contributed by atoms with E-state index in [0.29, 0.717) is 26.1 Å². The Morgan fingerprint density at radius 2 is 1.79 bits per heavy atom. The van der Waals surface area contributed by atoms with Crippen molar-refractivity contribution in [3.8, 4) is 0 Å². The first-order valence-electron chi connectivity index (χ1n) is 9.87. The fourth-order valence-corrected chi connectivity index (χ4v) is 4.04. The van der Waals surface area contributed by atoms with E-state index < -0.39 is 0 Å². The number of benzene rings is 1. The second-order valence-corrected chi connectivity index (χ2v) is 7.75. The van der Waals surface area contributed by atoms with E-state index in [4.69, 9.17) is 0 Å². The molecule has 3 heterocycles. The molecule has 2 aromatic rings. The van der Waals surface area contributed by atoms with Crippen LogP contribution in [-0.4, -0.2) is 59.2 Å². The first-order valence-corrected chi connectivity index (χ1v) is 9.87. The predicted molar refractivity (Wildman–Crippen MR) is 109 cm³/mol. The molecule has 0 saturated carbocycles. The summed E-state index contributed by atoms with van der Waals surface area (Å²) in [4.78, 5) is 31.1. The Balaban J connectivity index is 1.41. The summed E-state index contributed by atoms with van der Waals surface area (Å²) in [5.74, 6) is 0.729. The minimum absolute atomic E-state index is 0.00117. The molecule has 1 saturated heterocycles. The Morgan fingerprint density at radius 3 is 2.54 bits per heavy atom. The maximum absolute atomic E-state index is 12.9. The van der Waals surface area contributed by atoms with E-state index in [-0.39, 0.29) is 18.4 Å². The number of hydrogen-bond donors (Lipinski definition) is 0. The van der Waals surface area contributed by atoms with E-state index in [1.807, 2.05) is 22.6 Å². The molecule has 0 N–H and O–H groups in total. The fraction of sp³-hybridized carbons (Fsp3) is 0.476. The molecule has 0 spiro atoms. The van der Waals surface area contributed by atoms with Crippen LogP contribution in [0.4, 0.5) is 11.5 Å². The molecule has 7 heteroatoms. The molecular weight excluding hydrogens is 354 g/mol. The summed E-state index contributed by atoms with van der Waals surface area (Å²) in [7, 11) is 0. The summed E-state index contributed by atoms with van der Waals surface area (Å²) in [5, 5.41) is 4.41. The van der Waals surface area contributed by atoms with Crippen LogP contribution < -0.4 is 9.80 Å². The molecule has 7 nitrogen and oxygen atoms in total. The Hall–Kier alpha value is -2.83. The van der Waals surface area contributed by atoms with Crippen molar-refractivity contribution >= 4 is 23.3 Å². The highest BCUT2D eigenvalue weighted by atomic mass is 16.2. The Kier molecular flexibility index (Phi) is 4.83. The standard InChI is InChI=1S/C21H27N5O2/c1-15-4-5-16(2)18(12-15)23-8-10-24(11-9-23)21(28)14-25-19-13-17(3)22-26(19)7-6-20(25)27/h4-5,12-13H,6-11,14H2,1-3H3. The topological polar surface area (TPSA) is 61.7 Å². The van der Waals surface area contributed by atoms with Gasteiger partial charge in [0.15, 0.2) is 0 Å². The number of piperazine rings is 1. The van der Waals surface area contributed by atoms with Gasteiger partial charge in [-0.2, -0.15) is 5.10 Å². The van der Waals surface area contributed by atoms with E-state index in [1.165, 1.54) is 16.8 Å². The fourth-order valence-electron chi connectivity index (χ4n) is 4.04. The quantitative estimate of drug-likeness (QED) is 0.815. The number of aryl methyl sites for hydroxylation is 4. The Labute approximate surface area is 165 Å². The monoisotopic (exact) mass is 381 g/mol. The highest BCUT2D eigenvalue weighted by Crippen LogP contribution is 2.24. The van der Waals surface area contributed by atoms with Crippen molar-refractivity contribution in [1.29, 1.82) is 0 Å². The zero-order chi connectivity index (χ0) is 19.8. The normalized spacial score (nSPS) is 17.1. The molecule has 1 aromatic carbocycles. The lowest BCUT2D eigenvalue weighted by Crippen LogP contribution is -2.52. The SMILES string of the molecule is Cc1ccc(C)c(N2CCN(C(=O)CN3C(=O)CCn4nc(C)cc43)CC2)c1.